The molecule has 4 nitrogen and oxygen atoms in total. The fraction of sp³-hybridized carbons (Fsp3) is 0.333. The summed E-state index contributed by atoms with van der Waals surface area (Å²) in [6.45, 7) is 3.95. The van der Waals surface area contributed by atoms with E-state index in [1.54, 1.807) is 18.2 Å². The third-order valence-corrected chi connectivity index (χ3v) is 3.27. The maximum atomic E-state index is 6.06. The number of benzene rings is 1. The lowest BCUT2D eigenvalue weighted by Crippen LogP contribution is -2.13. The van der Waals surface area contributed by atoms with Crippen LogP contribution in [0.1, 0.15) is 43.1 Å². The highest BCUT2D eigenvalue weighted by Crippen LogP contribution is 2.27. The largest absolute Gasteiger partial charge is 0.339 e. The van der Waals surface area contributed by atoms with Crippen molar-refractivity contribution in [3.63, 3.8) is 0 Å². The lowest BCUT2D eigenvalue weighted by molar-refractivity contribution is 0.359. The smallest absolute Gasteiger partial charge is 0.229 e. The Morgan fingerprint density at radius 1 is 1.22 bits per heavy atom. The van der Waals surface area contributed by atoms with Gasteiger partial charge in [-0.25, -0.2) is 0 Å². The molecule has 0 saturated heterocycles. The number of nitrogens with zero attached hydrogens (tertiary/aromatic N) is 2. The molecule has 0 bridgehead atoms. The van der Waals surface area contributed by atoms with Gasteiger partial charge in [-0.2, -0.15) is 4.98 Å². The van der Waals surface area contributed by atoms with Gasteiger partial charge in [0.25, 0.3) is 0 Å². The highest BCUT2D eigenvalue weighted by Gasteiger charge is 2.18. The molecule has 0 amide bonds. The molecule has 18 heavy (non-hydrogen) atoms. The molecule has 0 aliphatic heterocycles. The quantitative estimate of drug-likeness (QED) is 0.937. The standard InChI is InChI=1S/C12H13Cl2N3O/c1-6(2)12-16-11(17-18-12)10(15)7-3-4-8(13)9(14)5-7/h3-6,10H,15H2,1-2H3. The topological polar surface area (TPSA) is 64.9 Å². The summed E-state index contributed by atoms with van der Waals surface area (Å²) >= 11 is 11.8. The molecule has 96 valence electrons. The molecule has 1 unspecified atom stereocenters. The van der Waals surface area contributed by atoms with E-state index in [1.807, 2.05) is 13.8 Å². The second-order valence-corrected chi connectivity index (χ2v) is 5.11. The maximum Gasteiger partial charge on any atom is 0.229 e. The number of hydrogen-bond acceptors (Lipinski definition) is 4. The van der Waals surface area contributed by atoms with E-state index in [0.717, 1.165) is 5.56 Å². The molecule has 1 heterocycles. The summed E-state index contributed by atoms with van der Waals surface area (Å²) in [5.41, 5.74) is 6.85. The number of halogens is 2. The van der Waals surface area contributed by atoms with E-state index < -0.39 is 6.04 Å². The molecular weight excluding hydrogens is 273 g/mol. The highest BCUT2D eigenvalue weighted by molar-refractivity contribution is 6.42. The number of rotatable bonds is 3. The minimum atomic E-state index is -0.476. The van der Waals surface area contributed by atoms with E-state index in [-0.39, 0.29) is 5.92 Å². The number of aromatic nitrogens is 2. The molecule has 0 aliphatic rings. The van der Waals surface area contributed by atoms with Gasteiger partial charge in [0, 0.05) is 5.92 Å². The van der Waals surface area contributed by atoms with Crippen LogP contribution in [0.2, 0.25) is 10.0 Å². The molecule has 2 N–H and O–H groups in total. The molecule has 1 aromatic carbocycles. The predicted molar refractivity (Wildman–Crippen MR) is 70.9 cm³/mol. The van der Waals surface area contributed by atoms with Gasteiger partial charge in [0.1, 0.15) is 0 Å². The van der Waals surface area contributed by atoms with Crippen LogP contribution in [-0.2, 0) is 0 Å². The Kier molecular flexibility index (Phi) is 3.90. The highest BCUT2D eigenvalue weighted by atomic mass is 35.5. The molecule has 0 spiro atoms. The Morgan fingerprint density at radius 2 is 1.94 bits per heavy atom. The zero-order chi connectivity index (χ0) is 13.3. The summed E-state index contributed by atoms with van der Waals surface area (Å²) < 4.78 is 5.12. The van der Waals surface area contributed by atoms with Crippen LogP contribution in [0.4, 0.5) is 0 Å². The Bertz CT molecular complexity index is 554. The van der Waals surface area contributed by atoms with Crippen LogP contribution < -0.4 is 5.73 Å². The minimum absolute atomic E-state index is 0.173. The Hall–Kier alpha value is -1.10. The molecule has 2 rings (SSSR count). The van der Waals surface area contributed by atoms with Crippen molar-refractivity contribution in [2.75, 3.05) is 0 Å². The van der Waals surface area contributed by atoms with Crippen molar-refractivity contribution in [2.45, 2.75) is 25.8 Å². The van der Waals surface area contributed by atoms with Gasteiger partial charge in [0.05, 0.1) is 16.1 Å². The van der Waals surface area contributed by atoms with Gasteiger partial charge < -0.3 is 10.3 Å². The van der Waals surface area contributed by atoms with Crippen molar-refractivity contribution in [3.05, 3.63) is 45.5 Å². The third kappa shape index (κ3) is 2.66. The van der Waals surface area contributed by atoms with Crippen molar-refractivity contribution in [3.8, 4) is 0 Å². The first-order chi connectivity index (χ1) is 8.49. The van der Waals surface area contributed by atoms with Crippen LogP contribution in [0, 0.1) is 0 Å². The fourth-order valence-electron chi connectivity index (χ4n) is 1.46. The van der Waals surface area contributed by atoms with Gasteiger partial charge in [-0.05, 0) is 17.7 Å². The van der Waals surface area contributed by atoms with Crippen LogP contribution >= 0.6 is 23.2 Å². The summed E-state index contributed by atoms with van der Waals surface area (Å²) in [4.78, 5) is 4.26. The second kappa shape index (κ2) is 5.26. The molecule has 0 radical (unpaired) electrons. The SMILES string of the molecule is CC(C)c1nc(C(N)c2ccc(Cl)c(Cl)c2)no1. The van der Waals surface area contributed by atoms with Crippen molar-refractivity contribution >= 4 is 23.2 Å². The van der Waals surface area contributed by atoms with E-state index in [9.17, 15) is 0 Å². The lowest BCUT2D eigenvalue weighted by atomic mass is 10.1. The van der Waals surface area contributed by atoms with Crippen molar-refractivity contribution < 1.29 is 4.52 Å². The summed E-state index contributed by atoms with van der Waals surface area (Å²) in [6, 6.07) is 4.73. The summed E-state index contributed by atoms with van der Waals surface area (Å²) in [5, 5.41) is 4.82. The summed E-state index contributed by atoms with van der Waals surface area (Å²) in [6.07, 6.45) is 0. The Balaban J connectivity index is 2.29. The van der Waals surface area contributed by atoms with Crippen molar-refractivity contribution in [2.24, 2.45) is 5.73 Å². The zero-order valence-corrected chi connectivity index (χ0v) is 11.5. The average molecular weight is 286 g/mol. The van der Waals surface area contributed by atoms with Crippen LogP contribution in [0.3, 0.4) is 0 Å². The first-order valence-corrected chi connectivity index (χ1v) is 6.28. The molecule has 0 fully saturated rings. The third-order valence-electron chi connectivity index (χ3n) is 2.53. The van der Waals surface area contributed by atoms with Gasteiger partial charge >= 0.3 is 0 Å². The molecule has 2 aromatic rings. The van der Waals surface area contributed by atoms with Gasteiger partial charge in [-0.1, -0.05) is 48.3 Å². The van der Waals surface area contributed by atoms with E-state index in [2.05, 4.69) is 10.1 Å². The predicted octanol–water partition coefficient (Wildman–Crippen LogP) is 3.55. The molecule has 0 aliphatic carbocycles. The molecule has 1 atom stereocenters. The average Bonchev–Trinajstić information content (AvgIpc) is 2.81. The van der Waals surface area contributed by atoms with E-state index in [0.29, 0.717) is 21.8 Å². The van der Waals surface area contributed by atoms with Crippen LogP contribution in [-0.4, -0.2) is 10.1 Å². The molecular formula is C12H13Cl2N3O. The second-order valence-electron chi connectivity index (χ2n) is 4.30. The van der Waals surface area contributed by atoms with Crippen molar-refractivity contribution in [1.82, 2.24) is 10.1 Å². The normalized spacial score (nSPS) is 13.0. The van der Waals surface area contributed by atoms with Gasteiger partial charge in [0.15, 0.2) is 5.82 Å². The number of nitrogens with two attached hydrogens (primary N) is 1. The first-order valence-electron chi connectivity index (χ1n) is 5.53. The lowest BCUT2D eigenvalue weighted by Gasteiger charge is -2.08. The van der Waals surface area contributed by atoms with E-state index in [1.165, 1.54) is 0 Å². The van der Waals surface area contributed by atoms with Gasteiger partial charge in [-0.3, -0.25) is 0 Å². The van der Waals surface area contributed by atoms with Crippen LogP contribution in [0.15, 0.2) is 22.7 Å². The van der Waals surface area contributed by atoms with Crippen LogP contribution in [0.5, 0.6) is 0 Å². The maximum absolute atomic E-state index is 6.06. The Morgan fingerprint density at radius 3 is 2.50 bits per heavy atom. The minimum Gasteiger partial charge on any atom is -0.339 e. The van der Waals surface area contributed by atoms with E-state index >= 15 is 0 Å². The van der Waals surface area contributed by atoms with Gasteiger partial charge in [0.2, 0.25) is 5.89 Å². The number of hydrogen-bond donors (Lipinski definition) is 1. The fourth-order valence-corrected chi connectivity index (χ4v) is 1.77. The Labute approximate surface area is 115 Å². The van der Waals surface area contributed by atoms with E-state index in [4.69, 9.17) is 33.5 Å². The summed E-state index contributed by atoms with van der Waals surface area (Å²) in [7, 11) is 0. The van der Waals surface area contributed by atoms with Gasteiger partial charge in [-0.15, -0.1) is 0 Å². The molecule has 1 aromatic heterocycles. The molecule has 6 heteroatoms. The van der Waals surface area contributed by atoms with Crippen molar-refractivity contribution in [1.29, 1.82) is 0 Å². The monoisotopic (exact) mass is 285 g/mol. The first kappa shape index (κ1) is 13.3. The zero-order valence-electron chi connectivity index (χ0n) is 10.0. The summed E-state index contributed by atoms with van der Waals surface area (Å²) in [5.74, 6) is 1.19. The van der Waals surface area contributed by atoms with Crippen LogP contribution in [0.25, 0.3) is 0 Å². The molecule has 0 saturated carbocycles.